The number of Topliss-reactive ketones (excluding diaryl/α,β-unsaturated/α-hetero) is 3. The normalized spacial score (nSPS) is 27.7. The number of carbonyl (C=O) groups excluding carboxylic acids is 3. The number of hydrogen-bond acceptors (Lipinski definition) is 7. The number of aromatic hydroxyl groups is 1. The summed E-state index contributed by atoms with van der Waals surface area (Å²) in [5, 5.41) is 47.4. The lowest BCUT2D eigenvalue weighted by Crippen LogP contribution is -2.67. The maximum atomic E-state index is 14.6. The summed E-state index contributed by atoms with van der Waals surface area (Å²) < 4.78 is 0. The fraction of sp³-hybridized carbons (Fsp3) is 0.525. The number of hydrogen-bond donors (Lipinski definition) is 4. The molecule has 3 aliphatic rings. The lowest BCUT2D eigenvalue weighted by molar-refractivity contribution is -0.171. The Kier molecular flexibility index (Phi) is 8.24. The van der Waals surface area contributed by atoms with Crippen LogP contribution in [0.3, 0.4) is 0 Å². The van der Waals surface area contributed by atoms with E-state index in [-0.39, 0.29) is 52.7 Å². The monoisotopic (exact) mass is 642 g/mol. The molecule has 0 spiro atoms. The molecule has 0 aliphatic heterocycles. The first-order chi connectivity index (χ1) is 21.6. The first kappa shape index (κ1) is 34.6. The van der Waals surface area contributed by atoms with Gasteiger partial charge in [-0.1, -0.05) is 92.6 Å². The summed E-state index contributed by atoms with van der Waals surface area (Å²) in [4.78, 5) is 41.2. The van der Waals surface area contributed by atoms with Crippen LogP contribution in [0.1, 0.15) is 120 Å². The van der Waals surface area contributed by atoms with E-state index in [9.17, 15) is 34.8 Å². The van der Waals surface area contributed by atoms with Crippen molar-refractivity contribution in [2.75, 3.05) is 0 Å². The van der Waals surface area contributed by atoms with Crippen LogP contribution in [-0.2, 0) is 34.3 Å². The van der Waals surface area contributed by atoms with Crippen molar-refractivity contribution < 1.29 is 34.8 Å². The number of aliphatic hydroxyl groups is 3. The Morgan fingerprint density at radius 1 is 0.979 bits per heavy atom. The molecule has 0 bridgehead atoms. The average molecular weight is 643 g/mol. The number of phenolic OH excluding ortho intramolecular Hbond substituents is 1. The highest BCUT2D eigenvalue weighted by Crippen LogP contribution is 2.65. The molecule has 0 radical (unpaired) electrons. The highest BCUT2D eigenvalue weighted by Gasteiger charge is 2.71. The zero-order chi connectivity index (χ0) is 35.2. The molecule has 3 aliphatic carbocycles. The predicted molar refractivity (Wildman–Crippen MR) is 182 cm³/mol. The maximum Gasteiger partial charge on any atom is 0.209 e. The van der Waals surface area contributed by atoms with Gasteiger partial charge in [-0.25, -0.2) is 0 Å². The van der Waals surface area contributed by atoms with Gasteiger partial charge in [0.25, 0.3) is 0 Å². The maximum absolute atomic E-state index is 14.6. The van der Waals surface area contributed by atoms with Gasteiger partial charge in [-0.15, -0.1) is 0 Å². The van der Waals surface area contributed by atoms with Crippen molar-refractivity contribution in [3.8, 4) is 5.75 Å². The predicted octanol–water partition coefficient (Wildman–Crippen LogP) is 7.55. The number of allylic oxidation sites excluding steroid dienone is 2. The van der Waals surface area contributed by atoms with Gasteiger partial charge in [-0.3, -0.25) is 14.4 Å². The Morgan fingerprint density at radius 2 is 1.57 bits per heavy atom. The summed E-state index contributed by atoms with van der Waals surface area (Å²) >= 11 is 0. The van der Waals surface area contributed by atoms with Crippen molar-refractivity contribution in [3.63, 3.8) is 0 Å². The Hall–Kier alpha value is -3.71. The second kappa shape index (κ2) is 11.2. The van der Waals surface area contributed by atoms with Crippen molar-refractivity contribution in [2.24, 2.45) is 22.7 Å². The highest BCUT2D eigenvalue weighted by atomic mass is 16.3. The zero-order valence-electron chi connectivity index (χ0n) is 29.5. The van der Waals surface area contributed by atoms with Crippen molar-refractivity contribution in [1.29, 1.82) is 0 Å². The average Bonchev–Trinajstić information content (AvgIpc) is 2.93. The van der Waals surface area contributed by atoms with E-state index in [1.165, 1.54) is 5.56 Å². The van der Waals surface area contributed by atoms with E-state index >= 15 is 0 Å². The van der Waals surface area contributed by atoms with E-state index in [1.54, 1.807) is 6.92 Å². The van der Waals surface area contributed by atoms with Gasteiger partial charge in [0.1, 0.15) is 22.8 Å². The van der Waals surface area contributed by atoms with Crippen LogP contribution < -0.4 is 0 Å². The fourth-order valence-corrected chi connectivity index (χ4v) is 9.04. The summed E-state index contributed by atoms with van der Waals surface area (Å²) in [5.74, 6) is -4.94. The molecular formula is C40H50O7. The molecule has 0 fully saturated rings. The van der Waals surface area contributed by atoms with E-state index in [0.29, 0.717) is 24.0 Å². The summed E-state index contributed by atoms with van der Waals surface area (Å²) in [5.41, 5.74) is -1.08. The van der Waals surface area contributed by atoms with Gasteiger partial charge in [-0.05, 0) is 77.7 Å². The number of rotatable bonds is 6. The van der Waals surface area contributed by atoms with Gasteiger partial charge in [-0.2, -0.15) is 0 Å². The molecule has 2 aromatic rings. The summed E-state index contributed by atoms with van der Waals surface area (Å²) in [6.07, 6.45) is 1.47. The first-order valence-corrected chi connectivity index (χ1v) is 16.8. The SMILES string of the molecule is CC(=O)C1=C(O)C(C(C)C)[C@@]2(C)C[C@@]3(C)Cc4c(C(C)C)cc(CCc5ccc(C(C)(C)C)cc5)c(O)c4C(=O)C3=C(O)[C@@]2(O)C1=O. The third-order valence-corrected chi connectivity index (χ3v) is 11.2. The van der Waals surface area contributed by atoms with Crippen LogP contribution >= 0.6 is 0 Å². The number of benzene rings is 2. The molecule has 5 rings (SSSR count). The molecule has 1 unspecified atom stereocenters. The van der Waals surface area contributed by atoms with E-state index in [4.69, 9.17) is 0 Å². The Balaban J connectivity index is 1.66. The number of aryl methyl sites for hydroxylation is 2. The van der Waals surface area contributed by atoms with Crippen LogP contribution in [-0.4, -0.2) is 43.4 Å². The molecule has 0 amide bonds. The largest absolute Gasteiger partial charge is 0.511 e. The van der Waals surface area contributed by atoms with E-state index < -0.39 is 51.0 Å². The lowest BCUT2D eigenvalue weighted by Gasteiger charge is -2.59. The van der Waals surface area contributed by atoms with Gasteiger partial charge < -0.3 is 20.4 Å². The molecule has 7 nitrogen and oxygen atoms in total. The summed E-state index contributed by atoms with van der Waals surface area (Å²) in [6, 6.07) is 10.4. The lowest BCUT2D eigenvalue weighted by atomic mass is 9.44. The number of carbonyl (C=O) groups is 3. The van der Waals surface area contributed by atoms with Crippen molar-refractivity contribution in [2.45, 2.75) is 112 Å². The van der Waals surface area contributed by atoms with Gasteiger partial charge in [0.2, 0.25) is 5.78 Å². The molecule has 0 aromatic heterocycles. The molecule has 4 atom stereocenters. The third-order valence-electron chi connectivity index (χ3n) is 11.2. The summed E-state index contributed by atoms with van der Waals surface area (Å²) in [6.45, 7) is 18.9. The Labute approximate surface area is 278 Å². The van der Waals surface area contributed by atoms with Gasteiger partial charge >= 0.3 is 0 Å². The van der Waals surface area contributed by atoms with Crippen LogP contribution in [0.4, 0.5) is 0 Å². The zero-order valence-corrected chi connectivity index (χ0v) is 29.5. The van der Waals surface area contributed by atoms with Crippen molar-refractivity contribution in [3.05, 3.63) is 86.4 Å². The second-order valence-corrected chi connectivity index (χ2v) is 16.4. The Bertz CT molecular complexity index is 1750. The second-order valence-electron chi connectivity index (χ2n) is 16.4. The smallest absolute Gasteiger partial charge is 0.209 e. The van der Waals surface area contributed by atoms with Crippen molar-refractivity contribution in [1.82, 2.24) is 0 Å². The Morgan fingerprint density at radius 3 is 2.09 bits per heavy atom. The molecule has 0 saturated heterocycles. The number of aliphatic hydroxyl groups excluding tert-OH is 2. The van der Waals surface area contributed by atoms with Crippen LogP contribution in [0.5, 0.6) is 5.75 Å². The molecule has 7 heteroatoms. The molecule has 2 aromatic carbocycles. The van der Waals surface area contributed by atoms with Crippen LogP contribution in [0.25, 0.3) is 0 Å². The number of fused-ring (bicyclic) bond motifs is 3. The van der Waals surface area contributed by atoms with E-state index in [1.807, 2.05) is 40.7 Å². The standard InChI is InChI=1S/C40H50O7/c1-20(2)26-17-24(14-11-23-12-15-25(16-13-23)37(6,7)8)32(42)29-27(26)18-38(9)19-39(10)30(21(3)4)33(43)28(22(5)41)35(45)40(39,47)36(46)31(38)34(29)44/h12-13,15-17,20-21,30,42-43,46-47H,11,14,18-19H2,1-10H3/t30?,38-,39-,40+/m1/s1. The molecule has 0 heterocycles. The van der Waals surface area contributed by atoms with Crippen LogP contribution in [0.2, 0.25) is 0 Å². The molecule has 0 saturated carbocycles. The number of ketones is 3. The molecular weight excluding hydrogens is 592 g/mol. The van der Waals surface area contributed by atoms with Crippen molar-refractivity contribution >= 4 is 17.3 Å². The topological polar surface area (TPSA) is 132 Å². The van der Waals surface area contributed by atoms with E-state index in [2.05, 4.69) is 45.0 Å². The minimum Gasteiger partial charge on any atom is -0.511 e. The highest BCUT2D eigenvalue weighted by molar-refractivity contribution is 6.25. The van der Waals surface area contributed by atoms with E-state index in [0.717, 1.165) is 18.1 Å². The molecule has 4 N–H and O–H groups in total. The first-order valence-electron chi connectivity index (χ1n) is 16.8. The fourth-order valence-electron chi connectivity index (χ4n) is 9.04. The molecule has 252 valence electrons. The minimum atomic E-state index is -2.62. The third kappa shape index (κ3) is 4.99. The van der Waals surface area contributed by atoms with Gasteiger partial charge in [0, 0.05) is 22.3 Å². The number of phenols is 1. The van der Waals surface area contributed by atoms with Crippen LogP contribution in [0, 0.1) is 22.7 Å². The quantitative estimate of drug-likeness (QED) is 0.239. The van der Waals surface area contributed by atoms with Gasteiger partial charge in [0.15, 0.2) is 17.2 Å². The van der Waals surface area contributed by atoms with Gasteiger partial charge in [0.05, 0.1) is 5.56 Å². The summed E-state index contributed by atoms with van der Waals surface area (Å²) in [7, 11) is 0. The molecule has 47 heavy (non-hydrogen) atoms. The van der Waals surface area contributed by atoms with Crippen LogP contribution in [0.15, 0.2) is 53.0 Å². The minimum absolute atomic E-state index is 0.0191.